The standard InChI is InChI=1S/C18H24O3/c1-12-8-14(3)15(9-13(12)2)16(19)10-18(11-17(20)21)6-4-5-7-18/h8-9H,4-7,10-11H2,1-3H3,(H,20,21). The van der Waals surface area contributed by atoms with E-state index in [9.17, 15) is 9.59 Å². The van der Waals surface area contributed by atoms with Crippen molar-refractivity contribution in [1.29, 1.82) is 0 Å². The Morgan fingerprint density at radius 3 is 2.14 bits per heavy atom. The summed E-state index contributed by atoms with van der Waals surface area (Å²) in [7, 11) is 0. The SMILES string of the molecule is Cc1cc(C)c(C(=O)CC2(CC(=O)O)CCCC2)cc1C. The summed E-state index contributed by atoms with van der Waals surface area (Å²) < 4.78 is 0. The summed E-state index contributed by atoms with van der Waals surface area (Å²) in [6.45, 7) is 6.01. The Labute approximate surface area is 126 Å². The zero-order chi connectivity index (χ0) is 15.6. The summed E-state index contributed by atoms with van der Waals surface area (Å²) >= 11 is 0. The molecule has 0 radical (unpaired) electrons. The van der Waals surface area contributed by atoms with E-state index in [2.05, 4.69) is 0 Å². The third-order valence-corrected chi connectivity index (χ3v) is 4.87. The summed E-state index contributed by atoms with van der Waals surface area (Å²) in [5.74, 6) is -0.694. The van der Waals surface area contributed by atoms with E-state index in [0.717, 1.165) is 42.4 Å². The van der Waals surface area contributed by atoms with Crippen LogP contribution in [-0.2, 0) is 4.79 Å². The second-order valence-corrected chi connectivity index (χ2v) is 6.63. The number of hydrogen-bond acceptors (Lipinski definition) is 2. The summed E-state index contributed by atoms with van der Waals surface area (Å²) in [6, 6.07) is 4.00. The topological polar surface area (TPSA) is 54.4 Å². The molecule has 3 heteroatoms. The van der Waals surface area contributed by atoms with Gasteiger partial charge >= 0.3 is 5.97 Å². The molecule has 1 fully saturated rings. The minimum absolute atomic E-state index is 0.0961. The minimum atomic E-state index is -0.790. The van der Waals surface area contributed by atoms with E-state index in [4.69, 9.17) is 5.11 Å². The van der Waals surface area contributed by atoms with Crippen molar-refractivity contribution < 1.29 is 14.7 Å². The number of aryl methyl sites for hydroxylation is 3. The first-order valence-electron chi connectivity index (χ1n) is 7.66. The summed E-state index contributed by atoms with van der Waals surface area (Å²) in [5, 5.41) is 9.15. The quantitative estimate of drug-likeness (QED) is 0.825. The maximum atomic E-state index is 12.7. The minimum Gasteiger partial charge on any atom is -0.481 e. The molecule has 1 aromatic rings. The van der Waals surface area contributed by atoms with E-state index in [1.54, 1.807) is 0 Å². The van der Waals surface area contributed by atoms with Crippen LogP contribution < -0.4 is 0 Å². The fourth-order valence-electron chi connectivity index (χ4n) is 3.56. The van der Waals surface area contributed by atoms with Crippen molar-refractivity contribution >= 4 is 11.8 Å². The molecule has 1 aliphatic rings. The average Bonchev–Trinajstić information content (AvgIpc) is 2.80. The predicted molar refractivity (Wildman–Crippen MR) is 82.8 cm³/mol. The predicted octanol–water partition coefficient (Wildman–Crippen LogP) is 4.22. The van der Waals surface area contributed by atoms with Gasteiger partial charge in [0.05, 0.1) is 6.42 Å². The number of carbonyl (C=O) groups is 2. The fraction of sp³-hybridized carbons (Fsp3) is 0.556. The molecule has 0 saturated heterocycles. The van der Waals surface area contributed by atoms with E-state index < -0.39 is 5.97 Å². The van der Waals surface area contributed by atoms with Crippen molar-refractivity contribution in [2.24, 2.45) is 5.41 Å². The first-order chi connectivity index (χ1) is 9.83. The van der Waals surface area contributed by atoms with E-state index >= 15 is 0 Å². The van der Waals surface area contributed by atoms with Gasteiger partial charge in [-0.25, -0.2) is 0 Å². The number of carbonyl (C=O) groups excluding carboxylic acids is 1. The smallest absolute Gasteiger partial charge is 0.303 e. The third kappa shape index (κ3) is 3.52. The third-order valence-electron chi connectivity index (χ3n) is 4.87. The number of Topliss-reactive ketones (excluding diaryl/α,β-unsaturated/α-hetero) is 1. The van der Waals surface area contributed by atoms with Crippen LogP contribution in [0.25, 0.3) is 0 Å². The molecule has 1 aromatic carbocycles. The van der Waals surface area contributed by atoms with E-state index in [1.807, 2.05) is 32.9 Å². The van der Waals surface area contributed by atoms with Crippen molar-refractivity contribution in [3.63, 3.8) is 0 Å². The largest absolute Gasteiger partial charge is 0.481 e. The van der Waals surface area contributed by atoms with Crippen LogP contribution >= 0.6 is 0 Å². The van der Waals surface area contributed by atoms with Crippen LogP contribution in [0.1, 0.15) is 65.6 Å². The van der Waals surface area contributed by atoms with Crippen LogP contribution in [0.2, 0.25) is 0 Å². The van der Waals surface area contributed by atoms with Crippen molar-refractivity contribution in [2.45, 2.75) is 59.3 Å². The number of rotatable bonds is 5. The number of benzene rings is 1. The van der Waals surface area contributed by atoms with Gasteiger partial charge < -0.3 is 5.11 Å². The molecule has 1 aliphatic carbocycles. The molecule has 21 heavy (non-hydrogen) atoms. The van der Waals surface area contributed by atoms with Crippen molar-refractivity contribution in [3.05, 3.63) is 34.4 Å². The summed E-state index contributed by atoms with van der Waals surface area (Å²) in [4.78, 5) is 23.8. The van der Waals surface area contributed by atoms with Gasteiger partial charge in [-0.05, 0) is 61.8 Å². The summed E-state index contributed by atoms with van der Waals surface area (Å²) in [5.41, 5.74) is 3.72. The first kappa shape index (κ1) is 15.7. The molecule has 0 aliphatic heterocycles. The Morgan fingerprint density at radius 1 is 1.00 bits per heavy atom. The molecule has 0 unspecified atom stereocenters. The lowest BCUT2D eigenvalue weighted by Crippen LogP contribution is -2.25. The molecule has 0 aromatic heterocycles. The maximum absolute atomic E-state index is 12.7. The van der Waals surface area contributed by atoms with Gasteiger partial charge in [0.1, 0.15) is 0 Å². The molecule has 0 amide bonds. The number of ketones is 1. The molecular weight excluding hydrogens is 264 g/mol. The van der Waals surface area contributed by atoms with Crippen LogP contribution in [0.4, 0.5) is 0 Å². The van der Waals surface area contributed by atoms with Gasteiger partial charge in [0.15, 0.2) is 5.78 Å². The van der Waals surface area contributed by atoms with Gasteiger partial charge in [-0.3, -0.25) is 9.59 Å². The molecule has 0 bridgehead atoms. The highest BCUT2D eigenvalue weighted by Gasteiger charge is 2.38. The second-order valence-electron chi connectivity index (χ2n) is 6.63. The van der Waals surface area contributed by atoms with Gasteiger partial charge in [0.2, 0.25) is 0 Å². The Kier molecular flexibility index (Phi) is 4.50. The second kappa shape index (κ2) is 6.00. The molecular formula is C18H24O3. The summed E-state index contributed by atoms with van der Waals surface area (Å²) in [6.07, 6.45) is 4.26. The maximum Gasteiger partial charge on any atom is 0.303 e. The first-order valence-corrected chi connectivity index (χ1v) is 7.66. The highest BCUT2D eigenvalue weighted by Crippen LogP contribution is 2.45. The fourth-order valence-corrected chi connectivity index (χ4v) is 3.56. The molecule has 1 saturated carbocycles. The average molecular weight is 288 g/mol. The van der Waals surface area contributed by atoms with Crippen molar-refractivity contribution in [2.75, 3.05) is 0 Å². The zero-order valence-corrected chi connectivity index (χ0v) is 13.2. The van der Waals surface area contributed by atoms with E-state index in [-0.39, 0.29) is 17.6 Å². The molecule has 3 nitrogen and oxygen atoms in total. The van der Waals surface area contributed by atoms with Gasteiger partial charge in [0, 0.05) is 12.0 Å². The number of aliphatic carboxylic acids is 1. The Hall–Kier alpha value is -1.64. The van der Waals surface area contributed by atoms with Crippen LogP contribution in [0.3, 0.4) is 0 Å². The monoisotopic (exact) mass is 288 g/mol. The van der Waals surface area contributed by atoms with Gasteiger partial charge in [0.25, 0.3) is 0 Å². The van der Waals surface area contributed by atoms with Gasteiger partial charge in [-0.15, -0.1) is 0 Å². The van der Waals surface area contributed by atoms with Crippen LogP contribution in [-0.4, -0.2) is 16.9 Å². The number of hydrogen-bond donors (Lipinski definition) is 1. The Balaban J connectivity index is 2.24. The van der Waals surface area contributed by atoms with Crippen LogP contribution in [0.15, 0.2) is 12.1 Å². The lowest BCUT2D eigenvalue weighted by atomic mass is 9.76. The molecule has 114 valence electrons. The lowest BCUT2D eigenvalue weighted by molar-refractivity contribution is -0.139. The molecule has 1 N–H and O–H groups in total. The van der Waals surface area contributed by atoms with E-state index in [1.165, 1.54) is 5.56 Å². The van der Waals surface area contributed by atoms with E-state index in [0.29, 0.717) is 6.42 Å². The lowest BCUT2D eigenvalue weighted by Gasteiger charge is -2.26. The van der Waals surface area contributed by atoms with Crippen molar-refractivity contribution in [3.8, 4) is 0 Å². The van der Waals surface area contributed by atoms with Crippen LogP contribution in [0.5, 0.6) is 0 Å². The highest BCUT2D eigenvalue weighted by molar-refractivity contribution is 5.98. The van der Waals surface area contributed by atoms with Gasteiger partial charge in [-0.2, -0.15) is 0 Å². The normalized spacial score (nSPS) is 16.9. The molecule has 2 rings (SSSR count). The zero-order valence-electron chi connectivity index (χ0n) is 13.2. The molecule has 0 spiro atoms. The molecule has 0 atom stereocenters. The molecule has 0 heterocycles. The highest BCUT2D eigenvalue weighted by atomic mass is 16.4. The van der Waals surface area contributed by atoms with Crippen LogP contribution in [0, 0.1) is 26.2 Å². The van der Waals surface area contributed by atoms with Crippen molar-refractivity contribution in [1.82, 2.24) is 0 Å². The van der Waals surface area contributed by atoms with Gasteiger partial charge in [-0.1, -0.05) is 18.9 Å². The Bertz CT molecular complexity index is 566. The Morgan fingerprint density at radius 2 is 1.57 bits per heavy atom. The number of carboxylic acids is 1. The number of carboxylic acid groups (broad SMARTS) is 1.